The van der Waals surface area contributed by atoms with Gasteiger partial charge in [-0.1, -0.05) is 12.8 Å². The van der Waals surface area contributed by atoms with Crippen LogP contribution >= 0.6 is 0 Å². The number of nitrogens with one attached hydrogen (secondary N) is 2. The Balaban J connectivity index is 2.16. The molecule has 0 spiro atoms. The minimum absolute atomic E-state index is 0.0237. The molecule has 0 aromatic carbocycles. The summed E-state index contributed by atoms with van der Waals surface area (Å²) in [6.45, 7) is 2.75. The molecule has 0 saturated heterocycles. The number of hydrogen-bond acceptors (Lipinski definition) is 7. The van der Waals surface area contributed by atoms with Crippen LogP contribution in [0.3, 0.4) is 0 Å². The van der Waals surface area contributed by atoms with Crippen molar-refractivity contribution in [3.8, 4) is 0 Å². The first-order chi connectivity index (χ1) is 9.60. The maximum Gasteiger partial charge on any atom is 0.231 e. The van der Waals surface area contributed by atoms with Crippen LogP contribution < -0.4 is 15.5 Å². The van der Waals surface area contributed by atoms with Gasteiger partial charge in [0.25, 0.3) is 0 Å². The van der Waals surface area contributed by atoms with Crippen molar-refractivity contribution in [3.05, 3.63) is 0 Å². The van der Waals surface area contributed by atoms with Crippen LogP contribution in [0.1, 0.15) is 32.6 Å². The Morgan fingerprint density at radius 2 is 1.85 bits per heavy atom. The van der Waals surface area contributed by atoms with Crippen molar-refractivity contribution in [2.45, 2.75) is 44.8 Å². The van der Waals surface area contributed by atoms with Crippen molar-refractivity contribution in [2.24, 2.45) is 0 Å². The highest BCUT2D eigenvalue weighted by Gasteiger charge is 2.24. The zero-order chi connectivity index (χ0) is 14.5. The second-order valence-electron chi connectivity index (χ2n) is 5.31. The van der Waals surface area contributed by atoms with E-state index in [2.05, 4.69) is 25.6 Å². The van der Waals surface area contributed by atoms with Gasteiger partial charge in [0.1, 0.15) is 0 Å². The minimum Gasteiger partial charge on any atom is -0.391 e. The van der Waals surface area contributed by atoms with E-state index in [1.165, 1.54) is 0 Å². The molecule has 1 saturated carbocycles. The molecule has 3 N–H and O–H groups in total. The van der Waals surface area contributed by atoms with Gasteiger partial charge in [0, 0.05) is 20.6 Å². The van der Waals surface area contributed by atoms with Gasteiger partial charge in [-0.25, -0.2) is 0 Å². The summed E-state index contributed by atoms with van der Waals surface area (Å²) in [4.78, 5) is 14.9. The fourth-order valence-corrected chi connectivity index (χ4v) is 2.31. The predicted octanol–water partition coefficient (Wildman–Crippen LogP) is 1.08. The van der Waals surface area contributed by atoms with Crippen molar-refractivity contribution in [3.63, 3.8) is 0 Å². The van der Waals surface area contributed by atoms with Crippen molar-refractivity contribution in [1.29, 1.82) is 0 Å². The second kappa shape index (κ2) is 6.69. The number of nitrogens with zero attached hydrogens (tertiary/aromatic N) is 4. The molecule has 0 amide bonds. The average Bonchev–Trinajstić information content (AvgIpc) is 2.41. The molecule has 1 aliphatic carbocycles. The molecule has 1 heterocycles. The Bertz CT molecular complexity index is 439. The van der Waals surface area contributed by atoms with Gasteiger partial charge in [-0.3, -0.25) is 0 Å². The molecule has 0 radical (unpaired) electrons. The standard InChI is InChI=1S/C13H24N6O/c1-4-14-11-16-12(18-13(17-11)19(2)3)15-9-7-5-6-8-10(9)20/h9-10,20H,4-8H2,1-3H3,(H2,14,15,16,17,18). The number of anilines is 3. The summed E-state index contributed by atoms with van der Waals surface area (Å²) in [5.41, 5.74) is 0. The topological polar surface area (TPSA) is 86.2 Å². The highest BCUT2D eigenvalue weighted by atomic mass is 16.3. The lowest BCUT2D eigenvalue weighted by Gasteiger charge is -2.28. The van der Waals surface area contributed by atoms with E-state index in [1.54, 1.807) is 0 Å². The highest BCUT2D eigenvalue weighted by molar-refractivity contribution is 5.43. The van der Waals surface area contributed by atoms with Crippen LogP contribution in [0.15, 0.2) is 0 Å². The summed E-state index contributed by atoms with van der Waals surface area (Å²) in [6.07, 6.45) is 3.66. The Morgan fingerprint density at radius 3 is 2.50 bits per heavy atom. The van der Waals surface area contributed by atoms with Crippen LogP contribution in [0.4, 0.5) is 17.8 Å². The zero-order valence-electron chi connectivity index (χ0n) is 12.4. The normalized spacial score (nSPS) is 22.4. The molecule has 1 fully saturated rings. The minimum atomic E-state index is -0.328. The van der Waals surface area contributed by atoms with Crippen LogP contribution in [0.5, 0.6) is 0 Å². The number of aromatic nitrogens is 3. The lowest BCUT2D eigenvalue weighted by Crippen LogP contribution is -2.37. The van der Waals surface area contributed by atoms with E-state index in [0.717, 1.165) is 32.2 Å². The third-order valence-corrected chi connectivity index (χ3v) is 3.40. The van der Waals surface area contributed by atoms with E-state index in [1.807, 2.05) is 25.9 Å². The largest absolute Gasteiger partial charge is 0.391 e. The molecule has 2 unspecified atom stereocenters. The summed E-state index contributed by atoms with van der Waals surface area (Å²) in [5, 5.41) is 16.4. The fraction of sp³-hybridized carbons (Fsp3) is 0.769. The number of hydrogen-bond donors (Lipinski definition) is 3. The Kier molecular flexibility index (Phi) is 4.94. The summed E-state index contributed by atoms with van der Waals surface area (Å²) >= 11 is 0. The summed E-state index contributed by atoms with van der Waals surface area (Å²) in [7, 11) is 3.79. The molecule has 7 heteroatoms. The Labute approximate surface area is 119 Å². The average molecular weight is 280 g/mol. The van der Waals surface area contributed by atoms with E-state index < -0.39 is 0 Å². The van der Waals surface area contributed by atoms with Crippen molar-refractivity contribution in [2.75, 3.05) is 36.2 Å². The molecule has 1 aliphatic rings. The number of rotatable bonds is 5. The third-order valence-electron chi connectivity index (χ3n) is 3.40. The quantitative estimate of drug-likeness (QED) is 0.744. The van der Waals surface area contributed by atoms with Crippen LogP contribution in [-0.2, 0) is 0 Å². The van der Waals surface area contributed by atoms with E-state index in [9.17, 15) is 5.11 Å². The molecular weight excluding hydrogens is 256 g/mol. The zero-order valence-corrected chi connectivity index (χ0v) is 12.4. The molecule has 1 aromatic heterocycles. The van der Waals surface area contributed by atoms with E-state index in [-0.39, 0.29) is 12.1 Å². The molecule has 112 valence electrons. The molecule has 0 bridgehead atoms. The maximum atomic E-state index is 10.0. The molecule has 2 atom stereocenters. The van der Waals surface area contributed by atoms with E-state index in [4.69, 9.17) is 0 Å². The van der Waals surface area contributed by atoms with E-state index in [0.29, 0.717) is 17.8 Å². The Morgan fingerprint density at radius 1 is 1.15 bits per heavy atom. The number of aliphatic hydroxyl groups excluding tert-OH is 1. The summed E-state index contributed by atoms with van der Waals surface area (Å²) in [5.74, 6) is 1.67. The summed E-state index contributed by atoms with van der Waals surface area (Å²) < 4.78 is 0. The van der Waals surface area contributed by atoms with Crippen molar-refractivity contribution >= 4 is 17.8 Å². The first-order valence-electron chi connectivity index (χ1n) is 7.22. The lowest BCUT2D eigenvalue weighted by atomic mass is 9.93. The van der Waals surface area contributed by atoms with Gasteiger partial charge in [-0.05, 0) is 19.8 Å². The molecule has 2 rings (SSSR count). The maximum absolute atomic E-state index is 10.0. The van der Waals surface area contributed by atoms with Crippen LogP contribution in [0.2, 0.25) is 0 Å². The van der Waals surface area contributed by atoms with Gasteiger partial charge >= 0.3 is 0 Å². The molecule has 1 aromatic rings. The first kappa shape index (κ1) is 14.8. The lowest BCUT2D eigenvalue weighted by molar-refractivity contribution is 0.116. The molecule has 20 heavy (non-hydrogen) atoms. The van der Waals surface area contributed by atoms with Crippen molar-refractivity contribution < 1.29 is 5.11 Å². The monoisotopic (exact) mass is 280 g/mol. The molecular formula is C13H24N6O. The predicted molar refractivity (Wildman–Crippen MR) is 80.2 cm³/mol. The third kappa shape index (κ3) is 3.69. The summed E-state index contributed by atoms with van der Waals surface area (Å²) in [6, 6.07) is 0.0237. The Hall–Kier alpha value is -1.63. The molecule has 7 nitrogen and oxygen atoms in total. The van der Waals surface area contributed by atoms with Gasteiger partial charge < -0.3 is 20.6 Å². The highest BCUT2D eigenvalue weighted by Crippen LogP contribution is 2.22. The first-order valence-corrected chi connectivity index (χ1v) is 7.22. The second-order valence-corrected chi connectivity index (χ2v) is 5.31. The van der Waals surface area contributed by atoms with Crippen LogP contribution in [0, 0.1) is 0 Å². The van der Waals surface area contributed by atoms with E-state index >= 15 is 0 Å². The molecule has 0 aliphatic heterocycles. The van der Waals surface area contributed by atoms with Gasteiger partial charge in [-0.2, -0.15) is 15.0 Å². The van der Waals surface area contributed by atoms with Gasteiger partial charge in [0.2, 0.25) is 17.8 Å². The van der Waals surface area contributed by atoms with Gasteiger partial charge in [0.15, 0.2) is 0 Å². The fourth-order valence-electron chi connectivity index (χ4n) is 2.31. The van der Waals surface area contributed by atoms with Crippen LogP contribution in [-0.4, -0.2) is 52.8 Å². The van der Waals surface area contributed by atoms with Crippen molar-refractivity contribution in [1.82, 2.24) is 15.0 Å². The smallest absolute Gasteiger partial charge is 0.231 e. The SMILES string of the molecule is CCNc1nc(NC2CCCCC2O)nc(N(C)C)n1. The van der Waals surface area contributed by atoms with Gasteiger partial charge in [0.05, 0.1) is 12.1 Å². The van der Waals surface area contributed by atoms with Gasteiger partial charge in [-0.15, -0.1) is 0 Å². The van der Waals surface area contributed by atoms with Crippen LogP contribution in [0.25, 0.3) is 0 Å². The number of aliphatic hydroxyl groups is 1.